The molecule has 0 spiro atoms. The van der Waals surface area contributed by atoms with Crippen LogP contribution < -0.4 is 5.32 Å². The minimum absolute atomic E-state index is 0.581. The van der Waals surface area contributed by atoms with Crippen LogP contribution in [-0.4, -0.2) is 17.6 Å². The molecule has 0 radical (unpaired) electrons. The maximum absolute atomic E-state index is 6.35. The van der Waals surface area contributed by atoms with Gasteiger partial charge >= 0.3 is 0 Å². The predicted octanol–water partition coefficient (Wildman–Crippen LogP) is 4.30. The van der Waals surface area contributed by atoms with E-state index < -0.39 is 0 Å². The van der Waals surface area contributed by atoms with E-state index in [4.69, 9.17) is 21.3 Å². The van der Waals surface area contributed by atoms with Crippen molar-refractivity contribution in [2.75, 3.05) is 11.9 Å². The van der Waals surface area contributed by atoms with E-state index in [1.807, 2.05) is 12.1 Å². The van der Waals surface area contributed by atoms with Gasteiger partial charge in [-0.3, -0.25) is 4.98 Å². The summed E-state index contributed by atoms with van der Waals surface area (Å²) in [5.74, 6) is 0. The number of nitrogens with zero attached hydrogens (tertiary/aromatic N) is 1. The molecule has 1 aliphatic carbocycles. The lowest BCUT2D eigenvalue weighted by atomic mass is 10.0. The van der Waals surface area contributed by atoms with E-state index in [9.17, 15) is 0 Å². The maximum atomic E-state index is 6.35. The molecule has 1 N–H and O–H groups in total. The van der Waals surface area contributed by atoms with E-state index in [0.29, 0.717) is 17.7 Å². The van der Waals surface area contributed by atoms with Gasteiger partial charge in [-0.2, -0.15) is 0 Å². The highest BCUT2D eigenvalue weighted by atomic mass is 79.9. The third kappa shape index (κ3) is 2.10. The van der Waals surface area contributed by atoms with Gasteiger partial charge in [0, 0.05) is 27.9 Å². The number of hydrogen-bond donors (Lipinski definition) is 1. The van der Waals surface area contributed by atoms with Crippen molar-refractivity contribution in [1.82, 2.24) is 4.98 Å². The Kier molecular flexibility index (Phi) is 3.13. The summed E-state index contributed by atoms with van der Waals surface area (Å²) in [5, 5.41) is 5.43. The molecule has 0 saturated heterocycles. The number of nitrogens with one attached hydrogen (secondary N) is 1. The van der Waals surface area contributed by atoms with Gasteiger partial charge in [0.1, 0.15) is 0 Å². The fraction of sp³-hybridized carbons (Fsp3) is 0.400. The first kappa shape index (κ1) is 12.9. The number of pyridine rings is 1. The Morgan fingerprint density at radius 3 is 3.00 bits per heavy atom. The van der Waals surface area contributed by atoms with Crippen molar-refractivity contribution in [3.63, 3.8) is 0 Å². The Morgan fingerprint density at radius 1 is 1.35 bits per heavy atom. The second kappa shape index (κ2) is 4.86. The summed E-state index contributed by atoms with van der Waals surface area (Å²) >= 11 is 9.99. The van der Waals surface area contributed by atoms with Crippen molar-refractivity contribution in [2.45, 2.75) is 31.9 Å². The summed E-state index contributed by atoms with van der Waals surface area (Å²) in [7, 11) is 0. The Balaban J connectivity index is 2.03. The predicted molar refractivity (Wildman–Crippen MR) is 84.5 cm³/mol. The van der Waals surface area contributed by atoms with E-state index in [-0.39, 0.29) is 0 Å². The summed E-state index contributed by atoms with van der Waals surface area (Å²) in [6.45, 7) is 1.37. The number of aromatic nitrogens is 1. The molecule has 2 aliphatic rings. The van der Waals surface area contributed by atoms with Crippen molar-refractivity contribution < 1.29 is 4.74 Å². The number of hydrogen-bond acceptors (Lipinski definition) is 3. The molecule has 20 heavy (non-hydrogen) atoms. The fourth-order valence-electron chi connectivity index (χ4n) is 2.68. The number of halogens is 2. The van der Waals surface area contributed by atoms with Gasteiger partial charge in [-0.05, 0) is 25.0 Å². The zero-order chi connectivity index (χ0) is 13.7. The standard InChI is InChI=1S/C15H14BrClN2O/c16-10-3-4-11(17)15-13(10)14(18-8-1-2-8)9-7-20-6-5-12(9)19-15/h3-4,8H,1-2,5-7H2,(H,18,19). The van der Waals surface area contributed by atoms with Crippen LogP contribution in [0.3, 0.4) is 0 Å². The smallest absolute Gasteiger partial charge is 0.0923 e. The molecule has 2 heterocycles. The Labute approximate surface area is 130 Å². The number of anilines is 1. The van der Waals surface area contributed by atoms with Gasteiger partial charge in [0.05, 0.1) is 35.1 Å². The van der Waals surface area contributed by atoms with Gasteiger partial charge in [0.15, 0.2) is 0 Å². The van der Waals surface area contributed by atoms with Crippen molar-refractivity contribution in [1.29, 1.82) is 0 Å². The third-order valence-electron chi connectivity index (χ3n) is 3.88. The summed E-state index contributed by atoms with van der Waals surface area (Å²) < 4.78 is 6.66. The second-order valence-electron chi connectivity index (χ2n) is 5.39. The summed E-state index contributed by atoms with van der Waals surface area (Å²) in [6.07, 6.45) is 3.32. The molecule has 104 valence electrons. The molecule has 1 fully saturated rings. The molecular weight excluding hydrogens is 340 g/mol. The average molecular weight is 354 g/mol. The molecule has 3 nitrogen and oxygen atoms in total. The third-order valence-corrected chi connectivity index (χ3v) is 4.85. The lowest BCUT2D eigenvalue weighted by molar-refractivity contribution is 0.110. The van der Waals surface area contributed by atoms with Gasteiger partial charge < -0.3 is 10.1 Å². The molecule has 1 aliphatic heterocycles. The molecule has 1 saturated carbocycles. The topological polar surface area (TPSA) is 34.2 Å². The summed E-state index contributed by atoms with van der Waals surface area (Å²) in [5.41, 5.74) is 4.34. The second-order valence-corrected chi connectivity index (χ2v) is 6.65. The van der Waals surface area contributed by atoms with Crippen LogP contribution in [-0.2, 0) is 17.8 Å². The van der Waals surface area contributed by atoms with E-state index in [0.717, 1.165) is 39.8 Å². The van der Waals surface area contributed by atoms with Gasteiger partial charge in [-0.1, -0.05) is 27.5 Å². The Hall–Kier alpha value is -0.840. The maximum Gasteiger partial charge on any atom is 0.0923 e. The number of fused-ring (bicyclic) bond motifs is 2. The highest BCUT2D eigenvalue weighted by Crippen LogP contribution is 2.40. The summed E-state index contributed by atoms with van der Waals surface area (Å²) in [6, 6.07) is 4.46. The van der Waals surface area contributed by atoms with Crippen LogP contribution in [0.1, 0.15) is 24.1 Å². The van der Waals surface area contributed by atoms with Crippen molar-refractivity contribution in [3.8, 4) is 0 Å². The molecule has 1 aromatic heterocycles. The lowest BCUT2D eigenvalue weighted by Crippen LogP contribution is -2.16. The van der Waals surface area contributed by atoms with E-state index in [1.165, 1.54) is 18.4 Å². The zero-order valence-corrected chi connectivity index (χ0v) is 13.2. The van der Waals surface area contributed by atoms with Crippen LogP contribution in [0.5, 0.6) is 0 Å². The van der Waals surface area contributed by atoms with Crippen LogP contribution in [0.25, 0.3) is 10.9 Å². The number of benzene rings is 1. The van der Waals surface area contributed by atoms with Crippen LogP contribution in [0.2, 0.25) is 5.02 Å². The number of rotatable bonds is 2. The lowest BCUT2D eigenvalue weighted by Gasteiger charge is -2.22. The minimum atomic E-state index is 0.581. The Morgan fingerprint density at radius 2 is 2.20 bits per heavy atom. The molecule has 0 bridgehead atoms. The van der Waals surface area contributed by atoms with Crippen LogP contribution in [0.15, 0.2) is 16.6 Å². The first-order valence-electron chi connectivity index (χ1n) is 6.88. The summed E-state index contributed by atoms with van der Waals surface area (Å²) in [4.78, 5) is 4.78. The van der Waals surface area contributed by atoms with Crippen LogP contribution in [0.4, 0.5) is 5.69 Å². The van der Waals surface area contributed by atoms with Gasteiger partial charge in [0.25, 0.3) is 0 Å². The van der Waals surface area contributed by atoms with E-state index in [1.54, 1.807) is 0 Å². The molecule has 4 rings (SSSR count). The molecule has 0 amide bonds. The van der Waals surface area contributed by atoms with Crippen LogP contribution in [0, 0.1) is 0 Å². The van der Waals surface area contributed by atoms with Gasteiger partial charge in [-0.25, -0.2) is 0 Å². The molecule has 0 unspecified atom stereocenters. The SMILES string of the molecule is Clc1ccc(Br)c2c(NC3CC3)c3c(nc12)CCOC3. The first-order valence-corrected chi connectivity index (χ1v) is 8.05. The van der Waals surface area contributed by atoms with E-state index >= 15 is 0 Å². The monoisotopic (exact) mass is 352 g/mol. The average Bonchev–Trinajstić information content (AvgIpc) is 3.27. The molecular formula is C15H14BrClN2O. The normalized spacial score (nSPS) is 18.1. The number of ether oxygens (including phenoxy) is 1. The molecule has 0 atom stereocenters. The molecule has 5 heteroatoms. The zero-order valence-electron chi connectivity index (χ0n) is 10.9. The largest absolute Gasteiger partial charge is 0.381 e. The van der Waals surface area contributed by atoms with E-state index in [2.05, 4.69) is 21.2 Å². The molecule has 1 aromatic carbocycles. The highest BCUT2D eigenvalue weighted by Gasteiger charge is 2.27. The fourth-order valence-corrected chi connectivity index (χ4v) is 3.40. The van der Waals surface area contributed by atoms with Crippen LogP contribution >= 0.6 is 27.5 Å². The minimum Gasteiger partial charge on any atom is -0.381 e. The first-order chi connectivity index (χ1) is 9.74. The quantitative estimate of drug-likeness (QED) is 0.874. The van der Waals surface area contributed by atoms with Gasteiger partial charge in [0.2, 0.25) is 0 Å². The van der Waals surface area contributed by atoms with Gasteiger partial charge in [-0.15, -0.1) is 0 Å². The molecule has 2 aromatic rings. The highest BCUT2D eigenvalue weighted by molar-refractivity contribution is 9.10. The van der Waals surface area contributed by atoms with Crippen molar-refractivity contribution >= 4 is 44.1 Å². The van der Waals surface area contributed by atoms with Crippen molar-refractivity contribution in [2.24, 2.45) is 0 Å². The van der Waals surface area contributed by atoms with Crippen molar-refractivity contribution in [3.05, 3.63) is 32.9 Å². The Bertz CT molecular complexity index is 700.